The maximum atomic E-state index is 12.2. The van der Waals surface area contributed by atoms with Gasteiger partial charge in [0.05, 0.1) is 15.0 Å². The average molecular weight is 392 g/mol. The quantitative estimate of drug-likeness (QED) is 0.624. The molecule has 1 aliphatic rings. The minimum absolute atomic E-state index is 0.109. The summed E-state index contributed by atoms with van der Waals surface area (Å²) in [6.45, 7) is 2.60. The molecule has 122 valence electrons. The molecule has 23 heavy (non-hydrogen) atoms. The molecule has 1 aromatic rings. The molecule has 0 saturated carbocycles. The molecule has 0 aliphatic carbocycles. The lowest BCUT2D eigenvalue weighted by Crippen LogP contribution is -2.28. The number of rotatable bonds is 3. The van der Waals surface area contributed by atoms with Crippen LogP contribution in [0.15, 0.2) is 17.0 Å². The van der Waals surface area contributed by atoms with Crippen LogP contribution < -0.4 is 0 Å². The number of hydrogen-bond donors (Lipinski definition) is 1. The number of thioether (sulfide) groups is 1. The van der Waals surface area contributed by atoms with Crippen molar-refractivity contribution in [1.82, 2.24) is 4.90 Å². The fourth-order valence-electron chi connectivity index (χ4n) is 1.74. The summed E-state index contributed by atoms with van der Waals surface area (Å²) >= 11 is 18.1. The minimum Gasteiger partial charge on any atom is -0.505 e. The van der Waals surface area contributed by atoms with Crippen molar-refractivity contribution < 1.29 is 19.5 Å². The number of aromatic hydroxyl groups is 1. The van der Waals surface area contributed by atoms with E-state index < -0.39 is 0 Å². The number of phenols is 1. The van der Waals surface area contributed by atoms with E-state index >= 15 is 0 Å². The summed E-state index contributed by atoms with van der Waals surface area (Å²) in [5, 5.41) is 9.80. The number of nitrogens with zero attached hydrogens (tertiary/aromatic N) is 1. The zero-order chi connectivity index (χ0) is 17.6. The lowest BCUT2D eigenvalue weighted by molar-refractivity contribution is -0.191. The molecule has 0 atom stereocenters. The Morgan fingerprint density at radius 3 is 2.35 bits per heavy atom. The highest BCUT2D eigenvalue weighted by Gasteiger charge is 2.31. The lowest BCUT2D eigenvalue weighted by atomic mass is 10.2. The maximum absolute atomic E-state index is 12.2. The van der Waals surface area contributed by atoms with Crippen molar-refractivity contribution in [3.05, 3.63) is 32.6 Å². The Morgan fingerprint density at radius 1 is 1.35 bits per heavy atom. The van der Waals surface area contributed by atoms with E-state index in [1.807, 2.05) is 6.92 Å². The second-order valence-electron chi connectivity index (χ2n) is 4.25. The predicted octanol–water partition coefficient (Wildman–Crippen LogP) is 3.73. The summed E-state index contributed by atoms with van der Waals surface area (Å²) in [5.74, 6) is -0.272. The fourth-order valence-corrected chi connectivity index (χ4v) is 3.55. The van der Waals surface area contributed by atoms with Crippen molar-refractivity contribution in [2.24, 2.45) is 0 Å². The number of hydrogen-bond acceptors (Lipinski definition) is 6. The van der Waals surface area contributed by atoms with Gasteiger partial charge in [0, 0.05) is 6.54 Å². The second-order valence-corrected chi connectivity index (χ2v) is 6.74. The largest absolute Gasteiger partial charge is 0.505 e. The molecular formula is C14H11Cl2NO4S2. The summed E-state index contributed by atoms with van der Waals surface area (Å²) in [4.78, 5) is 30.5. The first-order valence-electron chi connectivity index (χ1n) is 6.28. The Morgan fingerprint density at radius 2 is 1.87 bits per heavy atom. The molecule has 5 nitrogen and oxygen atoms in total. The van der Waals surface area contributed by atoms with Crippen LogP contribution in [0.4, 0.5) is 0 Å². The number of phenolic OH excluding ortho intramolecular Hbond substituents is 1. The van der Waals surface area contributed by atoms with E-state index in [1.54, 1.807) is 23.1 Å². The standard InChI is InChI=1S/C13H11Cl2NO2S2.CO2/c1-2-3-16-12(18)10(20-13(16)19)6-7-4-8(14)11(17)9(15)5-7;2-1-3/h4-6,17H,2-3H2,1H3;/b10-6-;. The SMILES string of the molecule is CCCN1C(=O)/C(=C/c2cc(Cl)c(O)c(Cl)c2)SC1=S.O=C=O. The van der Waals surface area contributed by atoms with E-state index in [4.69, 9.17) is 45.0 Å². The van der Waals surface area contributed by atoms with E-state index in [2.05, 4.69) is 0 Å². The second kappa shape index (κ2) is 9.05. The third-order valence-corrected chi connectivity index (χ3v) is 4.61. The van der Waals surface area contributed by atoms with E-state index in [9.17, 15) is 9.90 Å². The van der Waals surface area contributed by atoms with E-state index in [1.165, 1.54) is 11.8 Å². The van der Waals surface area contributed by atoms with Crippen LogP contribution in [-0.2, 0) is 14.4 Å². The molecule has 0 bridgehead atoms. The lowest BCUT2D eigenvalue weighted by Gasteiger charge is -2.11. The van der Waals surface area contributed by atoms with Crippen molar-refractivity contribution in [3.8, 4) is 5.75 Å². The molecule has 1 saturated heterocycles. The van der Waals surface area contributed by atoms with Crippen LogP contribution >= 0.6 is 47.2 Å². The predicted molar refractivity (Wildman–Crippen MR) is 93.3 cm³/mol. The molecule has 1 amide bonds. The molecular weight excluding hydrogens is 381 g/mol. The first kappa shape index (κ1) is 19.7. The van der Waals surface area contributed by atoms with Gasteiger partial charge in [-0.2, -0.15) is 9.59 Å². The van der Waals surface area contributed by atoms with Gasteiger partial charge in [0.1, 0.15) is 4.32 Å². The molecule has 1 heterocycles. The molecule has 0 aromatic heterocycles. The Labute approximate surface area is 152 Å². The van der Waals surface area contributed by atoms with E-state index in [0.717, 1.165) is 6.42 Å². The third-order valence-electron chi connectivity index (χ3n) is 2.66. The van der Waals surface area contributed by atoms with Gasteiger partial charge in [-0.25, -0.2) is 0 Å². The zero-order valence-corrected chi connectivity index (χ0v) is 15.0. The van der Waals surface area contributed by atoms with Crippen LogP contribution in [0.1, 0.15) is 18.9 Å². The van der Waals surface area contributed by atoms with E-state index in [0.29, 0.717) is 21.3 Å². The van der Waals surface area contributed by atoms with Gasteiger partial charge in [0.25, 0.3) is 5.91 Å². The first-order valence-corrected chi connectivity index (χ1v) is 8.26. The number of benzene rings is 1. The van der Waals surface area contributed by atoms with Crippen molar-refractivity contribution in [1.29, 1.82) is 0 Å². The topological polar surface area (TPSA) is 74.7 Å². The molecule has 1 N–H and O–H groups in total. The van der Waals surface area contributed by atoms with Crippen LogP contribution in [0.5, 0.6) is 5.75 Å². The van der Waals surface area contributed by atoms with Crippen LogP contribution in [0.3, 0.4) is 0 Å². The van der Waals surface area contributed by atoms with Crippen molar-refractivity contribution in [2.45, 2.75) is 13.3 Å². The summed E-state index contributed by atoms with van der Waals surface area (Å²) in [7, 11) is 0. The van der Waals surface area contributed by atoms with Gasteiger partial charge >= 0.3 is 6.15 Å². The monoisotopic (exact) mass is 391 g/mol. The number of thiocarbonyl (C=S) groups is 1. The highest BCUT2D eigenvalue weighted by atomic mass is 35.5. The number of halogens is 2. The number of amides is 1. The Hall–Kier alpha value is -1.37. The molecule has 0 radical (unpaired) electrons. The van der Waals surface area contributed by atoms with Crippen molar-refractivity contribution in [2.75, 3.05) is 6.54 Å². The first-order chi connectivity index (χ1) is 10.8. The third kappa shape index (κ3) is 5.06. The molecule has 9 heteroatoms. The Balaban J connectivity index is 0.000000816. The van der Waals surface area contributed by atoms with Gasteiger partial charge in [-0.15, -0.1) is 0 Å². The Bertz CT molecular complexity index is 677. The summed E-state index contributed by atoms with van der Waals surface area (Å²) in [6, 6.07) is 3.10. The number of carbonyl (C=O) groups excluding carboxylic acids is 3. The normalized spacial score (nSPS) is 15.4. The van der Waals surface area contributed by atoms with Crippen molar-refractivity contribution >= 4 is 69.6 Å². The van der Waals surface area contributed by atoms with Gasteiger partial charge in [0.2, 0.25) is 0 Å². The van der Waals surface area contributed by atoms with Crippen LogP contribution in [0, 0.1) is 0 Å². The van der Waals surface area contributed by atoms with Gasteiger partial charge in [0.15, 0.2) is 5.75 Å². The maximum Gasteiger partial charge on any atom is 0.373 e. The van der Waals surface area contributed by atoms with E-state index in [-0.39, 0.29) is 27.9 Å². The highest BCUT2D eigenvalue weighted by Crippen LogP contribution is 2.36. The summed E-state index contributed by atoms with van der Waals surface area (Å²) < 4.78 is 0.555. The van der Waals surface area contributed by atoms with Gasteiger partial charge < -0.3 is 5.11 Å². The molecule has 1 aliphatic heterocycles. The fraction of sp³-hybridized carbons (Fsp3) is 0.214. The van der Waals surface area contributed by atoms with Gasteiger partial charge in [-0.3, -0.25) is 9.69 Å². The minimum atomic E-state index is -0.163. The van der Waals surface area contributed by atoms with Gasteiger partial charge in [-0.1, -0.05) is 54.1 Å². The molecule has 0 unspecified atom stereocenters. The summed E-state index contributed by atoms with van der Waals surface area (Å²) in [5.41, 5.74) is 0.648. The highest BCUT2D eigenvalue weighted by molar-refractivity contribution is 8.26. The van der Waals surface area contributed by atoms with Crippen LogP contribution in [-0.4, -0.2) is 32.9 Å². The van der Waals surface area contributed by atoms with Crippen LogP contribution in [0.25, 0.3) is 6.08 Å². The molecule has 1 aromatic carbocycles. The molecule has 1 fully saturated rings. The zero-order valence-electron chi connectivity index (χ0n) is 11.8. The van der Waals surface area contributed by atoms with Crippen LogP contribution in [0.2, 0.25) is 10.0 Å². The molecule has 0 spiro atoms. The Kier molecular flexibility index (Phi) is 7.75. The average Bonchev–Trinajstić information content (AvgIpc) is 2.73. The van der Waals surface area contributed by atoms with Gasteiger partial charge in [-0.05, 0) is 30.2 Å². The smallest absolute Gasteiger partial charge is 0.373 e. The molecule has 2 rings (SSSR count). The van der Waals surface area contributed by atoms with Crippen molar-refractivity contribution in [3.63, 3.8) is 0 Å². The summed E-state index contributed by atoms with van der Waals surface area (Å²) in [6.07, 6.45) is 2.77. The number of carbonyl (C=O) groups is 1.